The average Bonchev–Trinajstić information content (AvgIpc) is 2.39. The lowest BCUT2D eigenvalue weighted by Gasteiger charge is -2.12. The Morgan fingerprint density at radius 3 is 2.65 bits per heavy atom. The van der Waals surface area contributed by atoms with Crippen molar-refractivity contribution in [3.05, 3.63) is 49.1 Å². The lowest BCUT2D eigenvalue weighted by atomic mass is 10.2. The van der Waals surface area contributed by atoms with Gasteiger partial charge in [0.15, 0.2) is 0 Å². The molecule has 106 valence electrons. The Balaban J connectivity index is 2.73. The van der Waals surface area contributed by atoms with Crippen molar-refractivity contribution < 1.29 is 9.84 Å². The molecule has 2 N–H and O–H groups in total. The Morgan fingerprint density at radius 2 is 2.10 bits per heavy atom. The molecule has 20 heavy (non-hydrogen) atoms. The van der Waals surface area contributed by atoms with E-state index in [1.54, 1.807) is 25.1 Å². The van der Waals surface area contributed by atoms with Crippen LogP contribution in [0.1, 0.15) is 12.5 Å². The van der Waals surface area contributed by atoms with Gasteiger partial charge in [0.25, 0.3) is 5.56 Å². The molecule has 1 aromatic heterocycles. The Morgan fingerprint density at radius 1 is 1.40 bits per heavy atom. The number of aromatic hydroxyl groups is 1. The van der Waals surface area contributed by atoms with Crippen LogP contribution in [-0.2, 0) is 6.42 Å². The number of ether oxygens (including phenoxy) is 1. The van der Waals surface area contributed by atoms with Gasteiger partial charge >= 0.3 is 5.69 Å². The molecule has 0 atom stereocenters. The van der Waals surface area contributed by atoms with E-state index < -0.39 is 11.2 Å². The summed E-state index contributed by atoms with van der Waals surface area (Å²) >= 11 is 3.31. The zero-order valence-corrected chi connectivity index (χ0v) is 12.5. The van der Waals surface area contributed by atoms with Crippen molar-refractivity contribution in [3.8, 4) is 17.3 Å². The number of hydrogen-bond acceptors (Lipinski definition) is 4. The zero-order valence-electron chi connectivity index (χ0n) is 10.9. The van der Waals surface area contributed by atoms with Crippen molar-refractivity contribution >= 4 is 15.9 Å². The lowest BCUT2D eigenvalue weighted by molar-refractivity contribution is 0.411. The summed E-state index contributed by atoms with van der Waals surface area (Å²) in [5.41, 5.74) is -0.678. The minimum Gasteiger partial charge on any atom is -0.496 e. The maximum Gasteiger partial charge on any atom is 0.335 e. The molecule has 0 bridgehead atoms. The summed E-state index contributed by atoms with van der Waals surface area (Å²) in [6, 6.07) is 4.89. The van der Waals surface area contributed by atoms with E-state index in [1.807, 2.05) is 0 Å². The van der Waals surface area contributed by atoms with E-state index in [-0.39, 0.29) is 11.4 Å². The van der Waals surface area contributed by atoms with Gasteiger partial charge < -0.3 is 9.84 Å². The van der Waals surface area contributed by atoms with E-state index in [2.05, 4.69) is 20.9 Å². The predicted octanol–water partition coefficient (Wildman–Crippen LogP) is 1.56. The first kappa shape index (κ1) is 14.4. The molecule has 1 aromatic carbocycles. The smallest absolute Gasteiger partial charge is 0.335 e. The van der Waals surface area contributed by atoms with Crippen LogP contribution in [-0.4, -0.2) is 21.8 Å². The fourth-order valence-electron chi connectivity index (χ4n) is 1.91. The van der Waals surface area contributed by atoms with Gasteiger partial charge in [0.05, 0.1) is 22.8 Å². The van der Waals surface area contributed by atoms with Crippen LogP contribution in [0, 0.1) is 0 Å². The van der Waals surface area contributed by atoms with E-state index in [0.717, 1.165) is 4.57 Å². The fraction of sp³-hybridized carbons (Fsp3) is 0.231. The molecule has 0 radical (unpaired) electrons. The number of nitrogens with one attached hydrogen (secondary N) is 1. The first-order valence-electron chi connectivity index (χ1n) is 5.90. The number of H-pyrrole nitrogens is 1. The molecule has 0 aliphatic heterocycles. The van der Waals surface area contributed by atoms with Gasteiger partial charge in [-0.1, -0.05) is 6.92 Å². The summed E-state index contributed by atoms with van der Waals surface area (Å²) < 4.78 is 6.78. The minimum atomic E-state index is -0.693. The number of rotatable bonds is 3. The standard InChI is InChI=1S/C13H13BrN2O4/c1-3-8-11(17)15-13(19)16(12(8)18)7-4-5-10(20-2)9(14)6-7/h4-6,18H,3H2,1-2H3,(H,15,17,19). The van der Waals surface area contributed by atoms with E-state index in [9.17, 15) is 14.7 Å². The minimum absolute atomic E-state index is 0.163. The fourth-order valence-corrected chi connectivity index (χ4v) is 2.44. The van der Waals surface area contributed by atoms with E-state index in [4.69, 9.17) is 4.74 Å². The highest BCUT2D eigenvalue weighted by atomic mass is 79.9. The van der Waals surface area contributed by atoms with Crippen molar-refractivity contribution in [1.82, 2.24) is 9.55 Å². The number of aromatic nitrogens is 2. The van der Waals surface area contributed by atoms with Crippen LogP contribution < -0.4 is 16.0 Å². The second-order valence-corrected chi connectivity index (χ2v) is 4.92. The molecule has 0 unspecified atom stereocenters. The summed E-state index contributed by atoms with van der Waals surface area (Å²) in [5, 5.41) is 10.1. The van der Waals surface area contributed by atoms with E-state index in [1.165, 1.54) is 7.11 Å². The highest BCUT2D eigenvalue weighted by Crippen LogP contribution is 2.28. The summed E-state index contributed by atoms with van der Waals surface area (Å²) in [5.74, 6) is 0.250. The number of methoxy groups -OCH3 is 1. The summed E-state index contributed by atoms with van der Waals surface area (Å²) in [6.07, 6.45) is 0.318. The monoisotopic (exact) mass is 340 g/mol. The molecule has 6 nitrogen and oxygen atoms in total. The Labute approximate surface area is 122 Å². The molecule has 7 heteroatoms. The summed E-state index contributed by atoms with van der Waals surface area (Å²) in [7, 11) is 1.53. The molecule has 2 rings (SSSR count). The summed E-state index contributed by atoms with van der Waals surface area (Å²) in [6.45, 7) is 1.73. The van der Waals surface area contributed by atoms with Crippen LogP contribution in [0.2, 0.25) is 0 Å². The number of benzene rings is 1. The number of aromatic amines is 1. The lowest BCUT2D eigenvalue weighted by Crippen LogP contribution is -2.31. The van der Waals surface area contributed by atoms with Crippen molar-refractivity contribution in [2.45, 2.75) is 13.3 Å². The van der Waals surface area contributed by atoms with Crippen LogP contribution >= 0.6 is 15.9 Å². The van der Waals surface area contributed by atoms with E-state index in [0.29, 0.717) is 22.3 Å². The average molecular weight is 341 g/mol. The van der Waals surface area contributed by atoms with Gasteiger partial charge in [-0.2, -0.15) is 0 Å². The van der Waals surface area contributed by atoms with Gasteiger partial charge in [-0.3, -0.25) is 9.78 Å². The topological polar surface area (TPSA) is 84.3 Å². The predicted molar refractivity (Wildman–Crippen MR) is 78.0 cm³/mol. The molecule has 0 saturated carbocycles. The Kier molecular flexibility index (Phi) is 3.99. The molecule has 0 aliphatic rings. The van der Waals surface area contributed by atoms with Gasteiger partial charge in [-0.25, -0.2) is 9.36 Å². The third-order valence-corrected chi connectivity index (χ3v) is 3.55. The van der Waals surface area contributed by atoms with Crippen LogP contribution in [0.4, 0.5) is 0 Å². The highest BCUT2D eigenvalue weighted by Gasteiger charge is 2.14. The van der Waals surface area contributed by atoms with Crippen LogP contribution in [0.5, 0.6) is 11.6 Å². The SMILES string of the molecule is CCc1c(O)n(-c2ccc(OC)c(Br)c2)c(=O)[nH]c1=O. The molecule has 0 amide bonds. The molecular weight excluding hydrogens is 328 g/mol. The third kappa shape index (κ3) is 2.36. The Hall–Kier alpha value is -2.02. The van der Waals surface area contributed by atoms with Gasteiger partial charge in [0.2, 0.25) is 5.88 Å². The largest absolute Gasteiger partial charge is 0.496 e. The van der Waals surface area contributed by atoms with Crippen molar-refractivity contribution in [2.24, 2.45) is 0 Å². The molecule has 0 fully saturated rings. The zero-order chi connectivity index (χ0) is 14.9. The number of nitrogens with zero attached hydrogens (tertiary/aromatic N) is 1. The quantitative estimate of drug-likeness (QED) is 0.888. The van der Waals surface area contributed by atoms with Gasteiger partial charge in [0.1, 0.15) is 5.75 Å². The molecule has 0 aliphatic carbocycles. The van der Waals surface area contributed by atoms with Crippen LogP contribution in [0.25, 0.3) is 5.69 Å². The molecular formula is C13H13BrN2O4. The van der Waals surface area contributed by atoms with E-state index >= 15 is 0 Å². The second kappa shape index (κ2) is 5.54. The first-order valence-corrected chi connectivity index (χ1v) is 6.70. The van der Waals surface area contributed by atoms with Crippen LogP contribution in [0.15, 0.2) is 32.3 Å². The third-order valence-electron chi connectivity index (χ3n) is 2.93. The maximum absolute atomic E-state index is 11.9. The van der Waals surface area contributed by atoms with Crippen molar-refractivity contribution in [1.29, 1.82) is 0 Å². The first-order chi connectivity index (χ1) is 9.49. The highest BCUT2D eigenvalue weighted by molar-refractivity contribution is 9.10. The normalized spacial score (nSPS) is 10.6. The molecule has 1 heterocycles. The van der Waals surface area contributed by atoms with Crippen molar-refractivity contribution in [3.63, 3.8) is 0 Å². The molecule has 0 spiro atoms. The van der Waals surface area contributed by atoms with Crippen LogP contribution in [0.3, 0.4) is 0 Å². The number of hydrogen-bond donors (Lipinski definition) is 2. The van der Waals surface area contributed by atoms with Gasteiger partial charge in [-0.05, 0) is 40.5 Å². The summed E-state index contributed by atoms with van der Waals surface area (Å²) in [4.78, 5) is 25.7. The maximum atomic E-state index is 11.9. The van der Waals surface area contributed by atoms with Crippen molar-refractivity contribution in [2.75, 3.05) is 7.11 Å². The van der Waals surface area contributed by atoms with Gasteiger partial charge in [0, 0.05) is 0 Å². The molecule has 0 saturated heterocycles. The second-order valence-electron chi connectivity index (χ2n) is 4.07. The molecule has 2 aromatic rings. The Bertz CT molecular complexity index is 764. The van der Waals surface area contributed by atoms with Gasteiger partial charge in [-0.15, -0.1) is 0 Å². The number of halogens is 1.